The van der Waals surface area contributed by atoms with E-state index in [-0.39, 0.29) is 6.42 Å². The molecular weight excluding hydrogens is 470 g/mol. The van der Waals surface area contributed by atoms with Crippen molar-refractivity contribution in [3.63, 3.8) is 0 Å². The lowest BCUT2D eigenvalue weighted by molar-refractivity contribution is -0.127. The summed E-state index contributed by atoms with van der Waals surface area (Å²) in [4.78, 5) is 24.1. The van der Waals surface area contributed by atoms with Crippen molar-refractivity contribution < 1.29 is 19.4 Å². The molecule has 0 aliphatic heterocycles. The van der Waals surface area contributed by atoms with Crippen LogP contribution in [-0.2, 0) is 11.4 Å². The molecule has 9 nitrogen and oxygen atoms in total. The fourth-order valence-corrected chi connectivity index (χ4v) is 3.67. The molecule has 0 radical (unpaired) electrons. The molecule has 0 saturated heterocycles. The first-order valence-electron chi connectivity index (χ1n) is 10.9. The number of aliphatic hydroxyl groups is 1. The number of anilines is 2. The van der Waals surface area contributed by atoms with Crippen LogP contribution < -0.4 is 20.5 Å². The number of aliphatic hydroxyl groups excluding tert-OH is 1. The van der Waals surface area contributed by atoms with Gasteiger partial charge in [-0.1, -0.05) is 23.7 Å². The van der Waals surface area contributed by atoms with Crippen LogP contribution in [0.25, 0.3) is 10.9 Å². The molecule has 4 aromatic rings. The van der Waals surface area contributed by atoms with Crippen molar-refractivity contribution in [2.24, 2.45) is 5.73 Å². The van der Waals surface area contributed by atoms with Crippen LogP contribution in [0.2, 0.25) is 5.02 Å². The van der Waals surface area contributed by atoms with E-state index in [4.69, 9.17) is 26.8 Å². The van der Waals surface area contributed by atoms with E-state index in [0.29, 0.717) is 45.5 Å². The highest BCUT2D eigenvalue weighted by Gasteiger charge is 2.19. The molecule has 10 heteroatoms. The Labute approximate surface area is 206 Å². The molecule has 0 fully saturated rings. The van der Waals surface area contributed by atoms with Crippen LogP contribution in [0.4, 0.5) is 11.5 Å². The molecule has 0 aliphatic rings. The number of hydrogen-bond acceptors (Lipinski definition) is 8. The number of hydrogen-bond donors (Lipinski definition) is 3. The zero-order valence-electron chi connectivity index (χ0n) is 18.9. The highest BCUT2D eigenvalue weighted by atomic mass is 35.5. The third kappa shape index (κ3) is 6.14. The van der Waals surface area contributed by atoms with Gasteiger partial charge in [-0.2, -0.15) is 0 Å². The Hall–Kier alpha value is -3.95. The summed E-state index contributed by atoms with van der Waals surface area (Å²) in [6.45, 7) is 2.04. The summed E-state index contributed by atoms with van der Waals surface area (Å²) in [5, 5.41) is 14.1. The van der Waals surface area contributed by atoms with Gasteiger partial charge in [0.2, 0.25) is 5.91 Å². The van der Waals surface area contributed by atoms with Gasteiger partial charge in [-0.25, -0.2) is 9.97 Å². The van der Waals surface area contributed by atoms with Crippen molar-refractivity contribution in [2.75, 3.05) is 5.32 Å². The van der Waals surface area contributed by atoms with Gasteiger partial charge in [0.1, 0.15) is 36.4 Å². The summed E-state index contributed by atoms with van der Waals surface area (Å²) in [5.74, 6) is 0.734. The SMILES string of the molecule is C[C@H](CC(O)C(N)=O)Oc1cccc2ncnc(Nc3ccc(OCc4ccccn4)c(Cl)c3)c12. The first-order valence-corrected chi connectivity index (χ1v) is 11.3. The maximum Gasteiger partial charge on any atom is 0.246 e. The van der Waals surface area contributed by atoms with Crippen molar-refractivity contribution in [1.82, 2.24) is 15.0 Å². The number of fused-ring (bicyclic) bond motifs is 1. The predicted octanol–water partition coefficient (Wildman–Crippen LogP) is 4.00. The van der Waals surface area contributed by atoms with Crippen LogP contribution in [0.5, 0.6) is 11.5 Å². The third-order valence-electron chi connectivity index (χ3n) is 5.13. The number of rotatable bonds is 10. The van der Waals surface area contributed by atoms with Gasteiger partial charge in [0.25, 0.3) is 0 Å². The molecule has 0 bridgehead atoms. The van der Waals surface area contributed by atoms with Crippen molar-refractivity contribution in [2.45, 2.75) is 32.2 Å². The number of nitrogens with zero attached hydrogens (tertiary/aromatic N) is 3. The van der Waals surface area contributed by atoms with E-state index in [1.807, 2.05) is 30.3 Å². The number of primary amides is 1. The Bertz CT molecular complexity index is 1320. The number of pyridine rings is 1. The lowest BCUT2D eigenvalue weighted by Crippen LogP contribution is -2.32. The molecule has 2 aromatic carbocycles. The molecule has 4 N–H and O–H groups in total. The van der Waals surface area contributed by atoms with Gasteiger partial charge in [0.15, 0.2) is 0 Å². The van der Waals surface area contributed by atoms with Crippen LogP contribution in [-0.4, -0.2) is 38.2 Å². The molecule has 180 valence electrons. The van der Waals surface area contributed by atoms with Crippen LogP contribution >= 0.6 is 11.6 Å². The average molecular weight is 494 g/mol. The van der Waals surface area contributed by atoms with E-state index < -0.39 is 18.1 Å². The van der Waals surface area contributed by atoms with E-state index in [9.17, 15) is 9.90 Å². The molecule has 35 heavy (non-hydrogen) atoms. The molecule has 4 rings (SSSR count). The molecule has 2 atom stereocenters. The molecule has 0 aliphatic carbocycles. The van der Waals surface area contributed by atoms with E-state index in [2.05, 4.69) is 20.3 Å². The number of benzene rings is 2. The highest BCUT2D eigenvalue weighted by molar-refractivity contribution is 6.32. The maximum atomic E-state index is 11.2. The summed E-state index contributed by atoms with van der Waals surface area (Å²) in [6.07, 6.45) is 1.42. The van der Waals surface area contributed by atoms with Crippen LogP contribution in [0.3, 0.4) is 0 Å². The minimum atomic E-state index is -1.30. The lowest BCUT2D eigenvalue weighted by atomic mass is 10.1. The van der Waals surface area contributed by atoms with Crippen LogP contribution in [0.1, 0.15) is 19.0 Å². The minimum Gasteiger partial charge on any atom is -0.490 e. The van der Waals surface area contributed by atoms with E-state index in [0.717, 1.165) is 5.69 Å². The van der Waals surface area contributed by atoms with E-state index >= 15 is 0 Å². The number of aromatic nitrogens is 3. The van der Waals surface area contributed by atoms with Gasteiger partial charge in [-0.15, -0.1) is 0 Å². The molecule has 0 spiro atoms. The topological polar surface area (TPSA) is 132 Å². The molecule has 1 amide bonds. The summed E-state index contributed by atoms with van der Waals surface area (Å²) >= 11 is 6.45. The van der Waals surface area contributed by atoms with Gasteiger partial charge >= 0.3 is 0 Å². The summed E-state index contributed by atoms with van der Waals surface area (Å²) in [6, 6.07) is 16.3. The van der Waals surface area contributed by atoms with Crippen molar-refractivity contribution >= 4 is 39.9 Å². The summed E-state index contributed by atoms with van der Waals surface area (Å²) in [5.41, 5.74) is 7.29. The Morgan fingerprint density at radius 2 is 1.97 bits per heavy atom. The van der Waals surface area contributed by atoms with Crippen LogP contribution in [0.15, 0.2) is 67.1 Å². The first kappa shape index (κ1) is 24.2. The maximum absolute atomic E-state index is 11.2. The lowest BCUT2D eigenvalue weighted by Gasteiger charge is -2.19. The van der Waals surface area contributed by atoms with Crippen molar-refractivity contribution in [1.29, 1.82) is 0 Å². The fraction of sp³-hybridized carbons (Fsp3) is 0.200. The van der Waals surface area contributed by atoms with Gasteiger partial charge < -0.3 is 25.6 Å². The molecular formula is C25H24ClN5O4. The third-order valence-corrected chi connectivity index (χ3v) is 5.43. The first-order chi connectivity index (χ1) is 16.9. The molecule has 2 aromatic heterocycles. The fourth-order valence-electron chi connectivity index (χ4n) is 3.43. The second-order valence-corrected chi connectivity index (χ2v) is 8.24. The Morgan fingerprint density at radius 3 is 2.71 bits per heavy atom. The number of ether oxygens (including phenoxy) is 2. The summed E-state index contributed by atoms with van der Waals surface area (Å²) < 4.78 is 11.8. The second kappa shape index (κ2) is 11.0. The Balaban J connectivity index is 1.54. The van der Waals surface area contributed by atoms with Crippen molar-refractivity contribution in [3.8, 4) is 11.5 Å². The smallest absolute Gasteiger partial charge is 0.246 e. The average Bonchev–Trinajstić information content (AvgIpc) is 2.84. The molecule has 1 unspecified atom stereocenters. The quantitative estimate of drug-likeness (QED) is 0.302. The standard InChI is InChI=1S/C25H24ClN5O4/c1-15(11-20(32)24(27)33)35-22-7-4-6-19-23(22)25(30-14-29-19)31-16-8-9-21(18(26)12-16)34-13-17-5-2-3-10-28-17/h2-10,12,14-15,20,32H,11,13H2,1H3,(H2,27,33)(H,29,30,31)/t15-,20?/m1/s1. The largest absolute Gasteiger partial charge is 0.490 e. The van der Waals surface area contributed by atoms with Crippen LogP contribution in [0, 0.1) is 0 Å². The number of amides is 1. The van der Waals surface area contributed by atoms with Crippen molar-refractivity contribution in [3.05, 3.63) is 77.8 Å². The highest BCUT2D eigenvalue weighted by Crippen LogP contribution is 2.34. The minimum absolute atomic E-state index is 0.0533. The van der Waals surface area contributed by atoms with E-state index in [1.54, 1.807) is 37.4 Å². The number of nitrogens with two attached hydrogens (primary N) is 1. The summed E-state index contributed by atoms with van der Waals surface area (Å²) in [7, 11) is 0. The van der Waals surface area contributed by atoms with Gasteiger partial charge in [-0.05, 0) is 49.4 Å². The van der Waals surface area contributed by atoms with Gasteiger partial charge in [0.05, 0.1) is 27.7 Å². The number of carbonyl (C=O) groups excluding carboxylic acids is 1. The van der Waals surface area contributed by atoms with E-state index in [1.165, 1.54) is 6.33 Å². The predicted molar refractivity (Wildman–Crippen MR) is 133 cm³/mol. The molecule has 0 saturated carbocycles. The Morgan fingerprint density at radius 1 is 1.11 bits per heavy atom. The number of nitrogens with one attached hydrogen (secondary N) is 1. The normalized spacial score (nSPS) is 12.7. The van der Waals surface area contributed by atoms with Gasteiger partial charge in [0, 0.05) is 18.3 Å². The monoisotopic (exact) mass is 493 g/mol. The van der Waals surface area contributed by atoms with Gasteiger partial charge in [-0.3, -0.25) is 9.78 Å². The number of halogens is 1. The second-order valence-electron chi connectivity index (χ2n) is 7.83. The zero-order chi connectivity index (χ0) is 24.8. The zero-order valence-corrected chi connectivity index (χ0v) is 19.6. The number of carbonyl (C=O) groups is 1. The molecule has 2 heterocycles. The Kier molecular flexibility index (Phi) is 7.59.